The highest BCUT2D eigenvalue weighted by Gasteiger charge is 2.19. The van der Waals surface area contributed by atoms with Crippen LogP contribution in [0.4, 0.5) is 0 Å². The van der Waals surface area contributed by atoms with Crippen LogP contribution in [0, 0.1) is 0 Å². The Morgan fingerprint density at radius 2 is 1.77 bits per heavy atom. The van der Waals surface area contributed by atoms with Gasteiger partial charge in [0.25, 0.3) is 5.91 Å². The first-order valence-corrected chi connectivity index (χ1v) is 9.51. The standard InChI is InChI=1S/C23H27NO6/c1-5-8-17-11-12-20(21(13-17)28-4)29-15-22(25)30-16(2)23(26)24-14-18-9-6-7-10-19(18)27-3/h5-13,16H,14-15H2,1-4H3,(H,24,26)/b8-5+/t16-/m1/s1. The normalized spacial score (nSPS) is 11.6. The van der Waals surface area contributed by atoms with Crippen molar-refractivity contribution in [2.45, 2.75) is 26.5 Å². The van der Waals surface area contributed by atoms with E-state index in [0.717, 1.165) is 11.1 Å². The predicted molar refractivity (Wildman–Crippen MR) is 114 cm³/mol. The lowest BCUT2D eigenvalue weighted by Gasteiger charge is -2.15. The van der Waals surface area contributed by atoms with E-state index in [2.05, 4.69) is 5.32 Å². The Morgan fingerprint density at radius 3 is 2.47 bits per heavy atom. The summed E-state index contributed by atoms with van der Waals surface area (Å²) in [4.78, 5) is 24.3. The summed E-state index contributed by atoms with van der Waals surface area (Å²) in [5.41, 5.74) is 1.77. The third-order valence-corrected chi connectivity index (χ3v) is 4.22. The zero-order chi connectivity index (χ0) is 21.9. The SMILES string of the molecule is C/C=C/c1ccc(OCC(=O)O[C@H](C)C(=O)NCc2ccccc2OC)c(OC)c1. The summed E-state index contributed by atoms with van der Waals surface area (Å²) in [6, 6.07) is 12.7. The number of hydrogen-bond acceptors (Lipinski definition) is 6. The topological polar surface area (TPSA) is 83.1 Å². The zero-order valence-electron chi connectivity index (χ0n) is 17.6. The molecule has 0 saturated carbocycles. The lowest BCUT2D eigenvalue weighted by atomic mass is 10.2. The van der Waals surface area contributed by atoms with Gasteiger partial charge in [-0.05, 0) is 37.6 Å². The molecule has 160 valence electrons. The summed E-state index contributed by atoms with van der Waals surface area (Å²) in [5.74, 6) is 0.513. The maximum absolute atomic E-state index is 12.2. The zero-order valence-corrected chi connectivity index (χ0v) is 17.6. The first-order valence-electron chi connectivity index (χ1n) is 9.51. The molecule has 0 spiro atoms. The number of esters is 1. The van der Waals surface area contributed by atoms with Crippen LogP contribution in [0.5, 0.6) is 17.2 Å². The van der Waals surface area contributed by atoms with Gasteiger partial charge < -0.3 is 24.3 Å². The van der Waals surface area contributed by atoms with Crippen molar-refractivity contribution < 1.29 is 28.5 Å². The lowest BCUT2D eigenvalue weighted by molar-refractivity contribution is -0.156. The van der Waals surface area contributed by atoms with Gasteiger partial charge in [-0.1, -0.05) is 36.4 Å². The fraction of sp³-hybridized carbons (Fsp3) is 0.304. The highest BCUT2D eigenvalue weighted by molar-refractivity contribution is 5.83. The molecule has 0 saturated heterocycles. The summed E-state index contributed by atoms with van der Waals surface area (Å²) in [5, 5.41) is 2.73. The van der Waals surface area contributed by atoms with E-state index < -0.39 is 18.0 Å². The van der Waals surface area contributed by atoms with Gasteiger partial charge >= 0.3 is 5.97 Å². The highest BCUT2D eigenvalue weighted by Crippen LogP contribution is 2.28. The van der Waals surface area contributed by atoms with Crippen molar-refractivity contribution in [3.05, 3.63) is 59.7 Å². The molecule has 0 bridgehead atoms. The molecule has 2 aromatic rings. The monoisotopic (exact) mass is 413 g/mol. The molecule has 7 nitrogen and oxygen atoms in total. The van der Waals surface area contributed by atoms with E-state index in [4.69, 9.17) is 18.9 Å². The molecule has 2 rings (SSSR count). The number of nitrogens with one attached hydrogen (secondary N) is 1. The Hall–Kier alpha value is -3.48. The van der Waals surface area contributed by atoms with Crippen molar-refractivity contribution in [3.8, 4) is 17.2 Å². The van der Waals surface area contributed by atoms with Crippen LogP contribution in [0.3, 0.4) is 0 Å². The van der Waals surface area contributed by atoms with Crippen molar-refractivity contribution in [2.24, 2.45) is 0 Å². The number of methoxy groups -OCH3 is 2. The molecule has 0 radical (unpaired) electrons. The Labute approximate surface area is 176 Å². The minimum atomic E-state index is -0.963. The number of allylic oxidation sites excluding steroid dienone is 1. The fourth-order valence-corrected chi connectivity index (χ4v) is 2.70. The van der Waals surface area contributed by atoms with E-state index in [-0.39, 0.29) is 13.2 Å². The molecule has 0 aliphatic heterocycles. The molecule has 1 atom stereocenters. The smallest absolute Gasteiger partial charge is 0.344 e. The van der Waals surface area contributed by atoms with Crippen LogP contribution in [0.15, 0.2) is 48.5 Å². The second kappa shape index (κ2) is 11.5. The largest absolute Gasteiger partial charge is 0.496 e. The van der Waals surface area contributed by atoms with Crippen LogP contribution < -0.4 is 19.5 Å². The van der Waals surface area contributed by atoms with Crippen molar-refractivity contribution in [1.29, 1.82) is 0 Å². The Morgan fingerprint density at radius 1 is 1.03 bits per heavy atom. The van der Waals surface area contributed by atoms with Crippen LogP contribution in [0.25, 0.3) is 6.08 Å². The molecular weight excluding hydrogens is 386 g/mol. The number of carbonyl (C=O) groups is 2. The van der Waals surface area contributed by atoms with Crippen LogP contribution in [0.2, 0.25) is 0 Å². The first kappa shape index (κ1) is 22.8. The molecule has 7 heteroatoms. The number of para-hydroxylation sites is 1. The highest BCUT2D eigenvalue weighted by atomic mass is 16.6. The molecule has 2 aromatic carbocycles. The van der Waals surface area contributed by atoms with Crippen molar-refractivity contribution in [3.63, 3.8) is 0 Å². The summed E-state index contributed by atoms with van der Waals surface area (Å²) in [6.45, 7) is 3.34. The molecule has 30 heavy (non-hydrogen) atoms. The van der Waals surface area contributed by atoms with Gasteiger partial charge in [-0.25, -0.2) is 4.79 Å². The van der Waals surface area contributed by atoms with Gasteiger partial charge in [-0.15, -0.1) is 0 Å². The van der Waals surface area contributed by atoms with E-state index in [0.29, 0.717) is 17.2 Å². The van der Waals surface area contributed by atoms with Crippen LogP contribution in [-0.2, 0) is 20.9 Å². The van der Waals surface area contributed by atoms with Crippen molar-refractivity contribution in [2.75, 3.05) is 20.8 Å². The average molecular weight is 413 g/mol. The van der Waals surface area contributed by atoms with Crippen molar-refractivity contribution in [1.82, 2.24) is 5.32 Å². The Kier molecular flexibility index (Phi) is 8.75. The molecule has 1 N–H and O–H groups in total. The minimum Gasteiger partial charge on any atom is -0.496 e. The van der Waals surface area contributed by atoms with Gasteiger partial charge in [0.05, 0.1) is 14.2 Å². The number of hydrogen-bond donors (Lipinski definition) is 1. The molecule has 0 aliphatic rings. The molecule has 1 amide bonds. The summed E-state index contributed by atoms with van der Waals surface area (Å²) < 4.78 is 21.2. The summed E-state index contributed by atoms with van der Waals surface area (Å²) in [7, 11) is 3.09. The Bertz CT molecular complexity index is 893. The fourth-order valence-electron chi connectivity index (χ4n) is 2.70. The van der Waals surface area contributed by atoms with Crippen LogP contribution in [-0.4, -0.2) is 38.8 Å². The third-order valence-electron chi connectivity index (χ3n) is 4.22. The molecule has 0 unspecified atom stereocenters. The number of benzene rings is 2. The molecule has 0 heterocycles. The first-order chi connectivity index (χ1) is 14.5. The summed E-state index contributed by atoms with van der Waals surface area (Å²) in [6.07, 6.45) is 2.87. The van der Waals surface area contributed by atoms with Crippen molar-refractivity contribution >= 4 is 18.0 Å². The van der Waals surface area contributed by atoms with Gasteiger partial charge in [0, 0.05) is 12.1 Å². The van der Waals surface area contributed by atoms with E-state index in [1.54, 1.807) is 19.2 Å². The maximum atomic E-state index is 12.2. The van der Waals surface area contributed by atoms with Gasteiger partial charge in [-0.3, -0.25) is 4.79 Å². The molecule has 0 fully saturated rings. The van der Waals surface area contributed by atoms with E-state index in [1.807, 2.05) is 49.4 Å². The molecule has 0 aromatic heterocycles. The number of ether oxygens (including phenoxy) is 4. The third kappa shape index (κ3) is 6.55. The van der Waals surface area contributed by atoms with Crippen LogP contribution in [0.1, 0.15) is 25.0 Å². The lowest BCUT2D eigenvalue weighted by Crippen LogP contribution is -2.36. The second-order valence-electron chi connectivity index (χ2n) is 6.36. The molecule has 0 aliphatic carbocycles. The van der Waals surface area contributed by atoms with Gasteiger partial charge in [0.15, 0.2) is 24.2 Å². The van der Waals surface area contributed by atoms with Gasteiger partial charge in [0.2, 0.25) is 0 Å². The van der Waals surface area contributed by atoms with Gasteiger partial charge in [0.1, 0.15) is 5.75 Å². The summed E-state index contributed by atoms with van der Waals surface area (Å²) >= 11 is 0. The average Bonchev–Trinajstić information content (AvgIpc) is 2.76. The van der Waals surface area contributed by atoms with E-state index >= 15 is 0 Å². The van der Waals surface area contributed by atoms with E-state index in [1.165, 1.54) is 14.0 Å². The molecular formula is C23H27NO6. The van der Waals surface area contributed by atoms with E-state index in [9.17, 15) is 9.59 Å². The number of carbonyl (C=O) groups excluding carboxylic acids is 2. The second-order valence-corrected chi connectivity index (χ2v) is 6.36. The van der Waals surface area contributed by atoms with Gasteiger partial charge in [-0.2, -0.15) is 0 Å². The number of amides is 1. The van der Waals surface area contributed by atoms with Crippen LogP contribution >= 0.6 is 0 Å². The Balaban J connectivity index is 1.84. The maximum Gasteiger partial charge on any atom is 0.344 e. The predicted octanol–water partition coefficient (Wildman–Crippen LogP) is 3.36. The quantitative estimate of drug-likeness (QED) is 0.602. The number of rotatable bonds is 10. The minimum absolute atomic E-state index is 0.261.